The molecule has 0 fully saturated rings. The molecule has 0 bridgehead atoms. The van der Waals surface area contributed by atoms with Gasteiger partial charge in [-0.25, -0.2) is 13.4 Å². The summed E-state index contributed by atoms with van der Waals surface area (Å²) in [6.07, 6.45) is 4.20. The van der Waals surface area contributed by atoms with E-state index < -0.39 is 9.84 Å². The summed E-state index contributed by atoms with van der Waals surface area (Å²) >= 11 is 0. The lowest BCUT2D eigenvalue weighted by molar-refractivity contribution is 0.597. The lowest BCUT2D eigenvalue weighted by atomic mass is 10.1. The van der Waals surface area contributed by atoms with Crippen molar-refractivity contribution in [2.75, 3.05) is 11.5 Å². The predicted molar refractivity (Wildman–Crippen MR) is 72.1 cm³/mol. The van der Waals surface area contributed by atoms with Gasteiger partial charge in [0.05, 0.1) is 11.5 Å². The molecule has 0 amide bonds. The number of nitrogens with one attached hydrogen (secondary N) is 1. The fourth-order valence-electron chi connectivity index (χ4n) is 2.22. The van der Waals surface area contributed by atoms with Crippen LogP contribution >= 0.6 is 0 Å². The van der Waals surface area contributed by atoms with Crippen molar-refractivity contribution in [3.8, 4) is 0 Å². The van der Waals surface area contributed by atoms with Gasteiger partial charge >= 0.3 is 0 Å². The predicted octanol–water partition coefficient (Wildman–Crippen LogP) is 2.07. The van der Waals surface area contributed by atoms with Crippen LogP contribution in [0.4, 0.5) is 0 Å². The second-order valence-corrected chi connectivity index (χ2v) is 6.96. The van der Waals surface area contributed by atoms with E-state index in [4.69, 9.17) is 0 Å². The van der Waals surface area contributed by atoms with Crippen molar-refractivity contribution < 1.29 is 8.42 Å². The van der Waals surface area contributed by atoms with Gasteiger partial charge in [0.1, 0.15) is 5.65 Å². The van der Waals surface area contributed by atoms with Crippen molar-refractivity contribution in [1.29, 1.82) is 0 Å². The molecule has 1 N–H and O–H groups in total. The maximum atomic E-state index is 11.4. The van der Waals surface area contributed by atoms with E-state index in [0.717, 1.165) is 27.9 Å². The number of fused-ring (bicyclic) bond motifs is 1. The third-order valence-corrected chi connectivity index (χ3v) is 4.72. The number of allylic oxidation sites excluding steroid dienone is 1. The Hall–Kier alpha value is -1.62. The SMILES string of the molecule is Cc1cnc2[nH]c(C3=CCS(=O)(=O)CC3)cc2c1. The van der Waals surface area contributed by atoms with E-state index in [0.29, 0.717) is 6.42 Å². The number of aromatic nitrogens is 2. The molecular weight excluding hydrogens is 248 g/mol. The first-order chi connectivity index (χ1) is 8.53. The van der Waals surface area contributed by atoms with E-state index in [1.54, 1.807) is 6.08 Å². The van der Waals surface area contributed by atoms with Crippen molar-refractivity contribution >= 4 is 26.4 Å². The number of aryl methyl sites for hydroxylation is 1. The summed E-state index contributed by atoms with van der Waals surface area (Å²) < 4.78 is 22.8. The van der Waals surface area contributed by atoms with E-state index in [1.165, 1.54) is 0 Å². The third-order valence-electron chi connectivity index (χ3n) is 3.22. The number of nitrogens with zero attached hydrogens (tertiary/aromatic N) is 1. The molecule has 0 radical (unpaired) electrons. The summed E-state index contributed by atoms with van der Waals surface area (Å²) in [5.41, 5.74) is 4.02. The van der Waals surface area contributed by atoms with Crippen molar-refractivity contribution in [2.24, 2.45) is 0 Å². The standard InChI is InChI=1S/C13H14N2O2S/c1-9-6-11-7-12(15-13(11)14-8-9)10-2-4-18(16,17)5-3-10/h2,6-8H,3-5H2,1H3,(H,14,15). The molecule has 0 spiro atoms. The van der Waals surface area contributed by atoms with Crippen LogP contribution in [0.1, 0.15) is 17.7 Å². The minimum Gasteiger partial charge on any atom is -0.339 e. The molecule has 0 aliphatic carbocycles. The zero-order chi connectivity index (χ0) is 12.8. The Morgan fingerprint density at radius 3 is 2.89 bits per heavy atom. The second-order valence-electron chi connectivity index (χ2n) is 4.73. The number of hydrogen-bond donors (Lipinski definition) is 1. The van der Waals surface area contributed by atoms with Gasteiger partial charge in [0.2, 0.25) is 0 Å². The number of hydrogen-bond acceptors (Lipinski definition) is 3. The molecule has 5 heteroatoms. The minimum absolute atomic E-state index is 0.143. The molecular formula is C13H14N2O2S. The normalized spacial score (nSPS) is 18.8. The van der Waals surface area contributed by atoms with Crippen LogP contribution < -0.4 is 0 Å². The van der Waals surface area contributed by atoms with Crippen LogP contribution in [0.15, 0.2) is 24.4 Å². The average Bonchev–Trinajstić information content (AvgIpc) is 2.71. The molecule has 2 aromatic rings. The number of H-pyrrole nitrogens is 1. The van der Waals surface area contributed by atoms with Crippen LogP contribution in [0, 0.1) is 6.92 Å². The largest absolute Gasteiger partial charge is 0.339 e. The third kappa shape index (κ3) is 2.06. The number of rotatable bonds is 1. The van der Waals surface area contributed by atoms with Gasteiger partial charge in [-0.1, -0.05) is 6.08 Å². The zero-order valence-corrected chi connectivity index (χ0v) is 10.9. The lowest BCUT2D eigenvalue weighted by Gasteiger charge is -2.11. The van der Waals surface area contributed by atoms with E-state index in [-0.39, 0.29) is 11.5 Å². The molecule has 3 rings (SSSR count). The van der Waals surface area contributed by atoms with Crippen molar-refractivity contribution in [3.05, 3.63) is 35.7 Å². The highest BCUT2D eigenvalue weighted by Gasteiger charge is 2.18. The van der Waals surface area contributed by atoms with Gasteiger partial charge in [0, 0.05) is 17.3 Å². The number of aromatic amines is 1. The van der Waals surface area contributed by atoms with Crippen LogP contribution in [-0.2, 0) is 9.84 Å². The molecule has 0 atom stereocenters. The van der Waals surface area contributed by atoms with Gasteiger partial charge in [-0.05, 0) is 36.6 Å². The summed E-state index contributed by atoms with van der Waals surface area (Å²) in [6, 6.07) is 4.11. The van der Waals surface area contributed by atoms with Crippen LogP contribution in [0.25, 0.3) is 16.6 Å². The molecule has 0 saturated carbocycles. The van der Waals surface area contributed by atoms with Crippen LogP contribution in [0.5, 0.6) is 0 Å². The Balaban J connectivity index is 2.03. The molecule has 0 saturated heterocycles. The highest BCUT2D eigenvalue weighted by atomic mass is 32.2. The molecule has 0 aromatic carbocycles. The molecule has 1 aliphatic heterocycles. The first-order valence-corrected chi connectivity index (χ1v) is 7.71. The molecule has 2 aromatic heterocycles. The Labute approximate surface area is 106 Å². The van der Waals surface area contributed by atoms with Gasteiger partial charge in [-0.2, -0.15) is 0 Å². The summed E-state index contributed by atoms with van der Waals surface area (Å²) in [5, 5.41) is 1.07. The number of pyridine rings is 1. The quantitative estimate of drug-likeness (QED) is 0.855. The highest BCUT2D eigenvalue weighted by Crippen LogP contribution is 2.25. The highest BCUT2D eigenvalue weighted by molar-refractivity contribution is 7.91. The monoisotopic (exact) mass is 262 g/mol. The molecule has 4 nitrogen and oxygen atoms in total. The van der Waals surface area contributed by atoms with E-state index in [1.807, 2.05) is 19.2 Å². The molecule has 0 unspecified atom stereocenters. The maximum absolute atomic E-state index is 11.4. The Morgan fingerprint density at radius 1 is 1.33 bits per heavy atom. The zero-order valence-electron chi connectivity index (χ0n) is 10.1. The van der Waals surface area contributed by atoms with E-state index in [2.05, 4.69) is 16.0 Å². The van der Waals surface area contributed by atoms with Crippen LogP contribution in [0.2, 0.25) is 0 Å². The molecule has 3 heterocycles. The average molecular weight is 262 g/mol. The lowest BCUT2D eigenvalue weighted by Crippen LogP contribution is -2.15. The topological polar surface area (TPSA) is 62.8 Å². The van der Waals surface area contributed by atoms with Gasteiger partial charge in [-0.3, -0.25) is 0 Å². The van der Waals surface area contributed by atoms with Crippen LogP contribution in [0.3, 0.4) is 0 Å². The maximum Gasteiger partial charge on any atom is 0.154 e. The number of sulfone groups is 1. The molecule has 94 valence electrons. The summed E-state index contributed by atoms with van der Waals surface area (Å²) in [6.45, 7) is 2.01. The second kappa shape index (κ2) is 3.95. The van der Waals surface area contributed by atoms with Gasteiger partial charge in [0.25, 0.3) is 0 Å². The molecule has 1 aliphatic rings. The van der Waals surface area contributed by atoms with Crippen molar-refractivity contribution in [3.63, 3.8) is 0 Å². The van der Waals surface area contributed by atoms with Gasteiger partial charge < -0.3 is 4.98 Å². The first kappa shape index (κ1) is 11.5. The smallest absolute Gasteiger partial charge is 0.154 e. The molecule has 18 heavy (non-hydrogen) atoms. The summed E-state index contributed by atoms with van der Waals surface area (Å²) in [5.74, 6) is 0.380. The van der Waals surface area contributed by atoms with E-state index >= 15 is 0 Å². The Bertz CT molecular complexity index is 741. The van der Waals surface area contributed by atoms with Crippen molar-refractivity contribution in [2.45, 2.75) is 13.3 Å². The summed E-state index contributed by atoms with van der Waals surface area (Å²) in [4.78, 5) is 7.57. The Morgan fingerprint density at radius 2 is 2.17 bits per heavy atom. The Kier molecular flexibility index (Phi) is 2.52. The fraction of sp³-hybridized carbons (Fsp3) is 0.308. The van der Waals surface area contributed by atoms with Crippen LogP contribution in [-0.4, -0.2) is 29.9 Å². The van der Waals surface area contributed by atoms with Crippen molar-refractivity contribution in [1.82, 2.24) is 9.97 Å². The van der Waals surface area contributed by atoms with E-state index in [9.17, 15) is 8.42 Å². The fourth-order valence-corrected chi connectivity index (χ4v) is 3.37. The first-order valence-electron chi connectivity index (χ1n) is 5.89. The van der Waals surface area contributed by atoms with Gasteiger partial charge in [-0.15, -0.1) is 0 Å². The van der Waals surface area contributed by atoms with Gasteiger partial charge in [0.15, 0.2) is 9.84 Å². The summed E-state index contributed by atoms with van der Waals surface area (Å²) in [7, 11) is -2.87. The minimum atomic E-state index is -2.87.